The molecule has 0 aromatic carbocycles. The van der Waals surface area contributed by atoms with Crippen molar-refractivity contribution in [2.45, 2.75) is 6.04 Å². The zero-order valence-corrected chi connectivity index (χ0v) is 4.56. The summed E-state index contributed by atoms with van der Waals surface area (Å²) in [6.07, 6.45) is 0. The van der Waals surface area contributed by atoms with Gasteiger partial charge in [0.1, 0.15) is 6.04 Å². The number of hydrogen-bond acceptors (Lipinski definition) is 3. The molecule has 0 aliphatic heterocycles. The molecule has 0 fully saturated rings. The second-order valence-corrected chi connectivity index (χ2v) is 1.49. The Balaban J connectivity index is 0. The van der Waals surface area contributed by atoms with Crippen molar-refractivity contribution in [3.63, 3.8) is 0 Å². The van der Waals surface area contributed by atoms with Crippen LogP contribution >= 0.6 is 12.6 Å². The van der Waals surface area contributed by atoms with E-state index in [9.17, 15) is 4.79 Å². The number of carboxylic acid groups (broad SMARTS) is 1. The predicted molar refractivity (Wildman–Crippen MR) is 38.0 cm³/mol. The monoisotopic (exact) mass is 163 g/mol. The van der Waals surface area contributed by atoms with Gasteiger partial charge in [0.05, 0.1) is 0 Å². The van der Waals surface area contributed by atoms with E-state index in [1.807, 2.05) is 0 Å². The van der Waals surface area contributed by atoms with Gasteiger partial charge >= 0.3 is 43.7 Å². The van der Waals surface area contributed by atoms with Gasteiger partial charge in [-0.05, 0) is 0 Å². The number of carboxylic acids is 1. The molecule has 8 heavy (non-hydrogen) atoms. The van der Waals surface area contributed by atoms with Gasteiger partial charge < -0.3 is 10.8 Å². The molecular formula is C3H9CaNO2S. The molecule has 0 bridgehead atoms. The zero-order valence-electron chi connectivity index (χ0n) is 3.66. The molecule has 0 amide bonds. The summed E-state index contributed by atoms with van der Waals surface area (Å²) in [6, 6.07) is -0.816. The van der Waals surface area contributed by atoms with Crippen LogP contribution in [0.2, 0.25) is 0 Å². The summed E-state index contributed by atoms with van der Waals surface area (Å²) >= 11 is 3.65. The molecule has 0 radical (unpaired) electrons. The number of nitrogens with two attached hydrogens (primary N) is 1. The molecule has 0 aliphatic rings. The molecule has 0 saturated carbocycles. The van der Waals surface area contributed by atoms with Gasteiger partial charge in [0.15, 0.2) is 0 Å². The minimum atomic E-state index is -1.00. The fourth-order valence-electron chi connectivity index (χ4n) is 0.0781. The van der Waals surface area contributed by atoms with Crippen molar-refractivity contribution in [2.75, 3.05) is 5.75 Å². The van der Waals surface area contributed by atoms with E-state index in [2.05, 4.69) is 12.6 Å². The first-order chi connectivity index (χ1) is 3.18. The first-order valence-electron chi connectivity index (χ1n) is 1.77. The minimum absolute atomic E-state index is 0. The van der Waals surface area contributed by atoms with Crippen LogP contribution in [0.15, 0.2) is 0 Å². The second kappa shape index (κ2) is 6.16. The summed E-state index contributed by atoms with van der Waals surface area (Å²) in [5.41, 5.74) is 4.94. The van der Waals surface area contributed by atoms with E-state index in [1.165, 1.54) is 0 Å². The number of aliphatic carboxylic acids is 1. The molecule has 3 nitrogen and oxygen atoms in total. The zero-order chi connectivity index (χ0) is 5.86. The van der Waals surface area contributed by atoms with Crippen molar-refractivity contribution >= 4 is 56.3 Å². The molecule has 5 heteroatoms. The molecule has 0 saturated heterocycles. The second-order valence-electron chi connectivity index (χ2n) is 1.13. The predicted octanol–water partition coefficient (Wildman–Crippen LogP) is -1.59. The molecule has 0 rings (SSSR count). The van der Waals surface area contributed by atoms with Gasteiger partial charge in [-0.25, -0.2) is 0 Å². The molecule has 0 aliphatic carbocycles. The third-order valence-corrected chi connectivity index (χ3v) is 0.907. The number of thiol groups is 1. The van der Waals surface area contributed by atoms with Crippen molar-refractivity contribution in [3.8, 4) is 0 Å². The molecule has 0 spiro atoms. The Morgan fingerprint density at radius 1 is 1.88 bits per heavy atom. The topological polar surface area (TPSA) is 63.3 Å². The third kappa shape index (κ3) is 5.18. The van der Waals surface area contributed by atoms with E-state index in [1.54, 1.807) is 0 Å². The quantitative estimate of drug-likeness (QED) is 0.340. The Morgan fingerprint density at radius 3 is 2.25 bits per heavy atom. The molecule has 0 unspecified atom stereocenters. The number of rotatable bonds is 2. The Labute approximate surface area is 83.0 Å². The average Bonchev–Trinajstić information content (AvgIpc) is 1.65. The number of carbonyl (C=O) groups is 1. The van der Waals surface area contributed by atoms with Crippen molar-refractivity contribution < 1.29 is 9.90 Å². The fraction of sp³-hybridized carbons (Fsp3) is 0.667. The molecule has 0 aromatic rings. The Morgan fingerprint density at radius 2 is 2.25 bits per heavy atom. The van der Waals surface area contributed by atoms with E-state index >= 15 is 0 Å². The molecule has 1 atom stereocenters. The first-order valence-corrected chi connectivity index (χ1v) is 2.41. The summed E-state index contributed by atoms with van der Waals surface area (Å²) in [5, 5.41) is 8.01. The van der Waals surface area contributed by atoms with E-state index in [-0.39, 0.29) is 43.5 Å². The van der Waals surface area contributed by atoms with Crippen LogP contribution in [0.3, 0.4) is 0 Å². The molecule has 3 N–H and O–H groups in total. The third-order valence-electron chi connectivity index (χ3n) is 0.514. The van der Waals surface area contributed by atoms with Crippen LogP contribution in [0.1, 0.15) is 0 Å². The standard InChI is InChI=1S/C3H7NO2S.Ca.2H/c4-2(1-7)3(5)6;;;/h2,7H,1,4H2,(H,5,6);;;/t2-;;;/m0.../s1. The number of hydrogen-bond donors (Lipinski definition) is 3. The van der Waals surface area contributed by atoms with Crippen LogP contribution < -0.4 is 5.73 Å². The van der Waals surface area contributed by atoms with Crippen LogP contribution in [0.25, 0.3) is 0 Å². The van der Waals surface area contributed by atoms with E-state index in [0.29, 0.717) is 0 Å². The van der Waals surface area contributed by atoms with Gasteiger partial charge in [0.2, 0.25) is 0 Å². The van der Waals surface area contributed by atoms with Gasteiger partial charge in [-0.3, -0.25) is 4.79 Å². The van der Waals surface area contributed by atoms with Crippen molar-refractivity contribution in [3.05, 3.63) is 0 Å². The fourth-order valence-corrected chi connectivity index (χ4v) is 0.234. The van der Waals surface area contributed by atoms with E-state index in [0.717, 1.165) is 0 Å². The first kappa shape index (κ1) is 11.8. The summed E-state index contributed by atoms with van der Waals surface area (Å²) in [5.74, 6) is -0.815. The SMILES string of the molecule is N[C@@H](CS)C(=O)O.[CaH2]. The van der Waals surface area contributed by atoms with E-state index < -0.39 is 12.0 Å². The maximum absolute atomic E-state index is 9.76. The Hall–Kier alpha value is 1.04. The van der Waals surface area contributed by atoms with Crippen LogP contribution in [0.5, 0.6) is 0 Å². The van der Waals surface area contributed by atoms with E-state index in [4.69, 9.17) is 10.8 Å². The van der Waals surface area contributed by atoms with Gasteiger partial charge in [0, 0.05) is 5.75 Å². The van der Waals surface area contributed by atoms with Crippen LogP contribution in [-0.2, 0) is 4.79 Å². The maximum atomic E-state index is 9.76. The Kier molecular flexibility index (Phi) is 9.08. The van der Waals surface area contributed by atoms with Crippen LogP contribution in [-0.4, -0.2) is 60.6 Å². The van der Waals surface area contributed by atoms with Crippen molar-refractivity contribution in [2.24, 2.45) is 5.73 Å². The molecular weight excluding hydrogens is 154 g/mol. The van der Waals surface area contributed by atoms with Crippen molar-refractivity contribution in [1.82, 2.24) is 0 Å². The van der Waals surface area contributed by atoms with Gasteiger partial charge in [-0.1, -0.05) is 0 Å². The van der Waals surface area contributed by atoms with Crippen LogP contribution in [0, 0.1) is 0 Å². The molecule has 0 heterocycles. The van der Waals surface area contributed by atoms with Gasteiger partial charge in [0.25, 0.3) is 0 Å². The average molecular weight is 163 g/mol. The Bertz CT molecular complexity index is 79.7. The molecule has 0 aromatic heterocycles. The summed E-state index contributed by atoms with van der Waals surface area (Å²) < 4.78 is 0. The molecule has 46 valence electrons. The van der Waals surface area contributed by atoms with Crippen molar-refractivity contribution in [1.29, 1.82) is 0 Å². The summed E-state index contributed by atoms with van der Waals surface area (Å²) in [6.45, 7) is 0. The van der Waals surface area contributed by atoms with Crippen LogP contribution in [0.4, 0.5) is 0 Å². The summed E-state index contributed by atoms with van der Waals surface area (Å²) in [4.78, 5) is 9.76. The normalized spacial score (nSPS) is 11.8. The van der Waals surface area contributed by atoms with Gasteiger partial charge in [-0.2, -0.15) is 12.6 Å². The van der Waals surface area contributed by atoms with Gasteiger partial charge in [-0.15, -0.1) is 0 Å². The summed E-state index contributed by atoms with van der Waals surface area (Å²) in [7, 11) is 0.